The Hall–Kier alpha value is -1.84. The summed E-state index contributed by atoms with van der Waals surface area (Å²) in [6.07, 6.45) is 28.3. The third-order valence-electron chi connectivity index (χ3n) is 5.20. The van der Waals surface area contributed by atoms with E-state index in [2.05, 4.69) is 43.4 Å². The summed E-state index contributed by atoms with van der Waals surface area (Å²) in [4.78, 5) is 22.5. The summed E-state index contributed by atoms with van der Waals surface area (Å²) in [5.41, 5.74) is 0. The van der Waals surface area contributed by atoms with Gasteiger partial charge in [-0.15, -0.1) is 0 Å². The van der Waals surface area contributed by atoms with E-state index in [9.17, 15) is 9.59 Å². The van der Waals surface area contributed by atoms with Gasteiger partial charge in [0.1, 0.15) is 6.10 Å². The van der Waals surface area contributed by atoms with Crippen LogP contribution < -0.4 is 0 Å². The molecule has 1 unspecified atom stereocenters. The first-order valence-corrected chi connectivity index (χ1v) is 12.5. The summed E-state index contributed by atoms with van der Waals surface area (Å²) >= 11 is 0. The van der Waals surface area contributed by atoms with Crippen LogP contribution in [0.15, 0.2) is 36.5 Å². The molecule has 4 nitrogen and oxygen atoms in total. The second kappa shape index (κ2) is 22.8. The number of carboxylic acid groups (broad SMARTS) is 1. The molecule has 0 aromatic rings. The summed E-state index contributed by atoms with van der Waals surface area (Å²) in [7, 11) is 0. The van der Waals surface area contributed by atoms with Crippen molar-refractivity contribution in [3.63, 3.8) is 0 Å². The minimum absolute atomic E-state index is 0.138. The minimum atomic E-state index is -0.795. The number of allylic oxidation sites excluding steroid dienone is 6. The van der Waals surface area contributed by atoms with Gasteiger partial charge in [0, 0.05) is 12.8 Å². The molecule has 0 aliphatic rings. The average Bonchev–Trinajstić information content (AvgIpc) is 2.75. The number of carbonyl (C=O) groups excluding carboxylic acids is 1. The molecule has 0 fully saturated rings. The minimum Gasteiger partial charge on any atom is -0.481 e. The molecule has 0 saturated carbocycles. The van der Waals surface area contributed by atoms with E-state index in [1.54, 1.807) is 0 Å². The number of hydrogen-bond donors (Lipinski definition) is 1. The van der Waals surface area contributed by atoms with E-state index in [0.717, 1.165) is 38.5 Å². The molecule has 0 radical (unpaired) electrons. The zero-order valence-corrected chi connectivity index (χ0v) is 20.0. The zero-order chi connectivity index (χ0) is 23.0. The van der Waals surface area contributed by atoms with Crippen LogP contribution in [0.25, 0.3) is 0 Å². The highest BCUT2D eigenvalue weighted by atomic mass is 16.5. The fourth-order valence-electron chi connectivity index (χ4n) is 3.31. The molecule has 1 atom stereocenters. The quantitative estimate of drug-likeness (QED) is 0.113. The predicted octanol–water partition coefficient (Wildman–Crippen LogP) is 7.93. The maximum atomic E-state index is 11.9. The van der Waals surface area contributed by atoms with E-state index in [1.807, 2.05) is 6.92 Å². The van der Waals surface area contributed by atoms with Crippen molar-refractivity contribution in [2.45, 2.75) is 123 Å². The van der Waals surface area contributed by atoms with Crippen LogP contribution in [0.1, 0.15) is 117 Å². The molecule has 1 N–H and O–H groups in total. The second-order valence-corrected chi connectivity index (χ2v) is 8.11. The van der Waals surface area contributed by atoms with Crippen LogP contribution in [0, 0.1) is 0 Å². The molecule has 0 aliphatic heterocycles. The van der Waals surface area contributed by atoms with Crippen LogP contribution in [-0.4, -0.2) is 23.1 Å². The first-order chi connectivity index (χ1) is 15.1. The summed E-state index contributed by atoms with van der Waals surface area (Å²) in [6, 6.07) is 0. The Morgan fingerprint density at radius 1 is 0.742 bits per heavy atom. The second-order valence-electron chi connectivity index (χ2n) is 8.11. The van der Waals surface area contributed by atoms with E-state index in [0.29, 0.717) is 19.3 Å². The monoisotopic (exact) mass is 434 g/mol. The lowest BCUT2D eigenvalue weighted by Gasteiger charge is -2.15. The number of unbranched alkanes of at least 4 members (excludes halogenated alkanes) is 7. The maximum absolute atomic E-state index is 11.9. The topological polar surface area (TPSA) is 63.6 Å². The summed E-state index contributed by atoms with van der Waals surface area (Å²) in [5, 5.41) is 8.68. The number of aliphatic carboxylic acids is 1. The van der Waals surface area contributed by atoms with Gasteiger partial charge >= 0.3 is 11.9 Å². The Kier molecular flexibility index (Phi) is 21.5. The Morgan fingerprint density at radius 2 is 1.32 bits per heavy atom. The van der Waals surface area contributed by atoms with Crippen LogP contribution in [0.4, 0.5) is 0 Å². The van der Waals surface area contributed by atoms with Crippen molar-refractivity contribution in [3.8, 4) is 0 Å². The van der Waals surface area contributed by atoms with Crippen LogP contribution in [-0.2, 0) is 14.3 Å². The molecule has 0 aromatic heterocycles. The molecule has 0 aliphatic carbocycles. The van der Waals surface area contributed by atoms with Gasteiger partial charge in [0.05, 0.1) is 0 Å². The molecule has 0 rings (SSSR count). The van der Waals surface area contributed by atoms with Crippen molar-refractivity contribution in [2.75, 3.05) is 0 Å². The van der Waals surface area contributed by atoms with Gasteiger partial charge in [-0.25, -0.2) is 0 Å². The number of carbonyl (C=O) groups is 2. The highest BCUT2D eigenvalue weighted by Crippen LogP contribution is 2.13. The predicted molar refractivity (Wildman–Crippen MR) is 130 cm³/mol. The Morgan fingerprint density at radius 3 is 1.94 bits per heavy atom. The lowest BCUT2D eigenvalue weighted by molar-refractivity contribution is -0.149. The fraction of sp³-hybridized carbons (Fsp3) is 0.704. The molecule has 0 amide bonds. The molecule has 4 heteroatoms. The molecule has 0 aromatic carbocycles. The van der Waals surface area contributed by atoms with Gasteiger partial charge in [-0.3, -0.25) is 9.59 Å². The largest absolute Gasteiger partial charge is 0.481 e. The summed E-state index contributed by atoms with van der Waals surface area (Å²) < 4.78 is 5.46. The van der Waals surface area contributed by atoms with Gasteiger partial charge in [-0.05, 0) is 57.8 Å². The van der Waals surface area contributed by atoms with E-state index < -0.39 is 5.97 Å². The number of hydrogen-bond acceptors (Lipinski definition) is 3. The van der Waals surface area contributed by atoms with E-state index in [4.69, 9.17) is 9.84 Å². The van der Waals surface area contributed by atoms with Gasteiger partial charge in [0.15, 0.2) is 0 Å². The fourth-order valence-corrected chi connectivity index (χ4v) is 3.31. The van der Waals surface area contributed by atoms with Crippen molar-refractivity contribution in [1.29, 1.82) is 0 Å². The van der Waals surface area contributed by atoms with Crippen LogP contribution in [0.2, 0.25) is 0 Å². The van der Waals surface area contributed by atoms with Crippen molar-refractivity contribution >= 4 is 11.9 Å². The molecular formula is C27H46O4. The number of rotatable bonds is 21. The molecular weight excluding hydrogens is 388 g/mol. The van der Waals surface area contributed by atoms with Gasteiger partial charge in [-0.1, -0.05) is 82.4 Å². The Labute approximate surface area is 190 Å². The Bertz CT molecular complexity index is 519. The lowest BCUT2D eigenvalue weighted by Crippen LogP contribution is -2.17. The first kappa shape index (κ1) is 29.2. The SMILES string of the molecule is CC/C=C\C/C=C\C/C=C\CCCCCCCCCC(=O)OC(CC)CCCC(=O)O. The third kappa shape index (κ3) is 22.7. The molecule has 0 spiro atoms. The van der Waals surface area contributed by atoms with Gasteiger partial charge < -0.3 is 9.84 Å². The molecule has 0 saturated heterocycles. The molecule has 0 bridgehead atoms. The zero-order valence-electron chi connectivity index (χ0n) is 20.0. The van der Waals surface area contributed by atoms with Crippen molar-refractivity contribution < 1.29 is 19.4 Å². The van der Waals surface area contributed by atoms with Crippen molar-refractivity contribution in [1.82, 2.24) is 0 Å². The van der Waals surface area contributed by atoms with Crippen molar-refractivity contribution in [3.05, 3.63) is 36.5 Å². The number of esters is 1. The molecule has 0 heterocycles. The highest BCUT2D eigenvalue weighted by molar-refractivity contribution is 5.69. The normalized spacial score (nSPS) is 12.8. The van der Waals surface area contributed by atoms with Gasteiger partial charge in [0.2, 0.25) is 0 Å². The first-order valence-electron chi connectivity index (χ1n) is 12.5. The average molecular weight is 435 g/mol. The summed E-state index contributed by atoms with van der Waals surface area (Å²) in [5.74, 6) is -0.933. The highest BCUT2D eigenvalue weighted by Gasteiger charge is 2.12. The Balaban J connectivity index is 3.48. The van der Waals surface area contributed by atoms with Crippen LogP contribution >= 0.6 is 0 Å². The van der Waals surface area contributed by atoms with Crippen LogP contribution in [0.5, 0.6) is 0 Å². The smallest absolute Gasteiger partial charge is 0.306 e. The van der Waals surface area contributed by atoms with Crippen molar-refractivity contribution in [2.24, 2.45) is 0 Å². The van der Waals surface area contributed by atoms with E-state index >= 15 is 0 Å². The van der Waals surface area contributed by atoms with Gasteiger partial charge in [-0.2, -0.15) is 0 Å². The van der Waals surface area contributed by atoms with Crippen LogP contribution in [0.3, 0.4) is 0 Å². The van der Waals surface area contributed by atoms with E-state index in [1.165, 1.54) is 38.5 Å². The molecule has 178 valence electrons. The lowest BCUT2D eigenvalue weighted by atomic mass is 10.1. The standard InChI is InChI=1S/C27H46O4/c1-3-5-6-7-8-9-10-11-12-13-14-15-16-17-18-19-20-24-27(30)31-25(4-2)22-21-23-26(28)29/h5-6,8-9,11-12,25H,3-4,7,10,13-24H2,1-2H3,(H,28,29)/b6-5-,9-8-,12-11-. The molecule has 31 heavy (non-hydrogen) atoms. The number of carboxylic acids is 1. The summed E-state index contributed by atoms with van der Waals surface area (Å²) in [6.45, 7) is 4.13. The van der Waals surface area contributed by atoms with Gasteiger partial charge in [0.25, 0.3) is 0 Å². The van der Waals surface area contributed by atoms with E-state index in [-0.39, 0.29) is 18.5 Å². The number of ether oxygens (including phenoxy) is 1. The maximum Gasteiger partial charge on any atom is 0.306 e. The third-order valence-corrected chi connectivity index (χ3v) is 5.20.